The number of amides is 1. The van der Waals surface area contributed by atoms with E-state index in [0.29, 0.717) is 6.54 Å². The summed E-state index contributed by atoms with van der Waals surface area (Å²) in [5.41, 5.74) is 0. The number of carboxylic acids is 1. The molecule has 1 heterocycles. The molecule has 2 atom stereocenters. The van der Waals surface area contributed by atoms with Crippen LogP contribution in [0.2, 0.25) is 0 Å². The van der Waals surface area contributed by atoms with Gasteiger partial charge in [0.2, 0.25) is 5.91 Å². The van der Waals surface area contributed by atoms with Crippen molar-refractivity contribution >= 4 is 11.9 Å². The van der Waals surface area contributed by atoms with E-state index in [2.05, 4.69) is 17.2 Å². The summed E-state index contributed by atoms with van der Waals surface area (Å²) in [5, 5.41) is 14.4. The Hall–Kier alpha value is -1.36. The predicted octanol–water partition coefficient (Wildman–Crippen LogP) is -0.259. The Kier molecular flexibility index (Phi) is 4.30. The van der Waals surface area contributed by atoms with Crippen LogP contribution in [0.1, 0.15) is 12.8 Å². The van der Waals surface area contributed by atoms with E-state index >= 15 is 0 Å². The van der Waals surface area contributed by atoms with E-state index < -0.39 is 12.0 Å². The molecule has 3 N–H and O–H groups in total. The summed E-state index contributed by atoms with van der Waals surface area (Å²) < 4.78 is 0. The zero-order valence-electron chi connectivity index (χ0n) is 8.53. The van der Waals surface area contributed by atoms with Crippen molar-refractivity contribution in [3.8, 4) is 0 Å². The highest BCUT2D eigenvalue weighted by atomic mass is 16.4. The van der Waals surface area contributed by atoms with Gasteiger partial charge in [0.25, 0.3) is 0 Å². The van der Waals surface area contributed by atoms with Crippen LogP contribution in [0.5, 0.6) is 0 Å². The number of carbonyl (C=O) groups excluding carboxylic acids is 1. The highest BCUT2D eigenvalue weighted by Crippen LogP contribution is 2.08. The molecule has 1 fully saturated rings. The molecular formula is C10H16N2O3. The smallest absolute Gasteiger partial charge is 0.326 e. The lowest BCUT2D eigenvalue weighted by Crippen LogP contribution is -2.43. The molecule has 1 aliphatic rings. The quantitative estimate of drug-likeness (QED) is 0.549. The molecule has 0 aromatic heterocycles. The van der Waals surface area contributed by atoms with Crippen LogP contribution in [0, 0.1) is 5.92 Å². The van der Waals surface area contributed by atoms with Crippen LogP contribution in [0.25, 0.3) is 0 Å². The number of aliphatic carboxylic acids is 1. The van der Waals surface area contributed by atoms with E-state index in [1.807, 2.05) is 0 Å². The fraction of sp³-hybridized carbons (Fsp3) is 0.600. The first-order valence-electron chi connectivity index (χ1n) is 5.00. The van der Waals surface area contributed by atoms with E-state index in [1.165, 1.54) is 6.08 Å². The third-order valence-corrected chi connectivity index (χ3v) is 2.45. The van der Waals surface area contributed by atoms with Gasteiger partial charge in [-0.25, -0.2) is 4.79 Å². The van der Waals surface area contributed by atoms with Gasteiger partial charge in [-0.1, -0.05) is 6.08 Å². The lowest BCUT2D eigenvalue weighted by molar-refractivity contribution is -0.142. The first-order chi connectivity index (χ1) is 7.15. The molecule has 84 valence electrons. The zero-order valence-corrected chi connectivity index (χ0v) is 8.53. The number of hydrogen-bond donors (Lipinski definition) is 3. The van der Waals surface area contributed by atoms with Crippen LogP contribution in [-0.2, 0) is 9.59 Å². The maximum atomic E-state index is 11.6. The molecule has 15 heavy (non-hydrogen) atoms. The standard InChI is InChI=1S/C10H16N2O3/c1-2-3-8(10(14)15)12-9(13)7-4-5-11-6-7/h2,7-8,11H,1,3-6H2,(H,12,13)(H,14,15). The molecule has 0 saturated carbocycles. The zero-order chi connectivity index (χ0) is 11.3. The van der Waals surface area contributed by atoms with Gasteiger partial charge in [-0.3, -0.25) is 4.79 Å². The Bertz CT molecular complexity index is 259. The first kappa shape index (κ1) is 11.7. The maximum Gasteiger partial charge on any atom is 0.326 e. The third-order valence-electron chi connectivity index (χ3n) is 2.45. The van der Waals surface area contributed by atoms with Crippen LogP contribution in [0.3, 0.4) is 0 Å². The number of rotatable bonds is 5. The van der Waals surface area contributed by atoms with E-state index in [4.69, 9.17) is 5.11 Å². The third kappa shape index (κ3) is 3.36. The number of nitrogens with one attached hydrogen (secondary N) is 2. The van der Waals surface area contributed by atoms with Crippen molar-refractivity contribution in [1.82, 2.24) is 10.6 Å². The molecule has 0 spiro atoms. The number of carbonyl (C=O) groups is 2. The summed E-state index contributed by atoms with van der Waals surface area (Å²) in [6, 6.07) is -0.851. The first-order valence-corrected chi connectivity index (χ1v) is 5.00. The average Bonchev–Trinajstić information content (AvgIpc) is 2.69. The molecular weight excluding hydrogens is 196 g/mol. The van der Waals surface area contributed by atoms with Gasteiger partial charge < -0.3 is 15.7 Å². The largest absolute Gasteiger partial charge is 0.480 e. The molecule has 2 unspecified atom stereocenters. The van der Waals surface area contributed by atoms with Gasteiger partial charge >= 0.3 is 5.97 Å². The van der Waals surface area contributed by atoms with Crippen LogP contribution >= 0.6 is 0 Å². The SMILES string of the molecule is C=CCC(NC(=O)C1CCNC1)C(=O)O. The molecule has 0 aromatic rings. The molecule has 0 radical (unpaired) electrons. The number of hydrogen-bond acceptors (Lipinski definition) is 3. The van der Waals surface area contributed by atoms with Crippen molar-refractivity contribution in [3.63, 3.8) is 0 Å². The normalized spacial score (nSPS) is 22.0. The molecule has 0 aromatic carbocycles. The van der Waals surface area contributed by atoms with Gasteiger partial charge in [-0.2, -0.15) is 0 Å². The van der Waals surface area contributed by atoms with Gasteiger partial charge in [-0.05, 0) is 19.4 Å². The van der Waals surface area contributed by atoms with Crippen molar-refractivity contribution in [1.29, 1.82) is 0 Å². The Labute approximate surface area is 88.5 Å². The van der Waals surface area contributed by atoms with E-state index in [0.717, 1.165) is 13.0 Å². The second-order valence-electron chi connectivity index (χ2n) is 3.61. The Balaban J connectivity index is 2.45. The lowest BCUT2D eigenvalue weighted by atomic mass is 10.1. The Morgan fingerprint density at radius 3 is 2.87 bits per heavy atom. The predicted molar refractivity (Wildman–Crippen MR) is 55.4 cm³/mol. The number of carboxylic acid groups (broad SMARTS) is 1. The van der Waals surface area contributed by atoms with Crippen molar-refractivity contribution in [2.45, 2.75) is 18.9 Å². The summed E-state index contributed by atoms with van der Waals surface area (Å²) >= 11 is 0. The highest BCUT2D eigenvalue weighted by molar-refractivity contribution is 5.85. The van der Waals surface area contributed by atoms with Crippen molar-refractivity contribution in [3.05, 3.63) is 12.7 Å². The topological polar surface area (TPSA) is 78.4 Å². The van der Waals surface area contributed by atoms with Crippen LogP contribution in [0.15, 0.2) is 12.7 Å². The minimum absolute atomic E-state index is 0.100. The molecule has 1 amide bonds. The average molecular weight is 212 g/mol. The van der Waals surface area contributed by atoms with Gasteiger partial charge in [0.15, 0.2) is 0 Å². The summed E-state index contributed by atoms with van der Waals surface area (Å²) in [6.07, 6.45) is 2.51. The van der Waals surface area contributed by atoms with Gasteiger partial charge in [0.05, 0.1) is 5.92 Å². The Morgan fingerprint density at radius 1 is 1.67 bits per heavy atom. The lowest BCUT2D eigenvalue weighted by Gasteiger charge is -2.15. The maximum absolute atomic E-state index is 11.6. The monoisotopic (exact) mass is 212 g/mol. The van der Waals surface area contributed by atoms with E-state index in [9.17, 15) is 9.59 Å². The Morgan fingerprint density at radius 2 is 2.40 bits per heavy atom. The summed E-state index contributed by atoms with van der Waals surface area (Å²) in [7, 11) is 0. The highest BCUT2D eigenvalue weighted by Gasteiger charge is 2.26. The fourth-order valence-corrected chi connectivity index (χ4v) is 1.56. The molecule has 1 aliphatic heterocycles. The molecule has 5 heteroatoms. The summed E-state index contributed by atoms with van der Waals surface area (Å²) in [5.74, 6) is -1.31. The van der Waals surface area contributed by atoms with Gasteiger partial charge in [-0.15, -0.1) is 6.58 Å². The molecule has 0 bridgehead atoms. The second kappa shape index (κ2) is 5.50. The minimum atomic E-state index is -1.02. The summed E-state index contributed by atoms with van der Waals surface area (Å²) in [6.45, 7) is 4.91. The molecule has 1 rings (SSSR count). The summed E-state index contributed by atoms with van der Waals surface area (Å²) in [4.78, 5) is 22.3. The van der Waals surface area contributed by atoms with Gasteiger partial charge in [0, 0.05) is 6.54 Å². The van der Waals surface area contributed by atoms with Crippen LogP contribution in [0.4, 0.5) is 0 Å². The van der Waals surface area contributed by atoms with Crippen LogP contribution < -0.4 is 10.6 Å². The van der Waals surface area contributed by atoms with Crippen molar-refractivity contribution in [2.75, 3.05) is 13.1 Å². The van der Waals surface area contributed by atoms with Crippen molar-refractivity contribution < 1.29 is 14.7 Å². The van der Waals surface area contributed by atoms with Gasteiger partial charge in [0.1, 0.15) is 6.04 Å². The minimum Gasteiger partial charge on any atom is -0.480 e. The molecule has 5 nitrogen and oxygen atoms in total. The van der Waals surface area contributed by atoms with Crippen molar-refractivity contribution in [2.24, 2.45) is 5.92 Å². The van der Waals surface area contributed by atoms with E-state index in [1.54, 1.807) is 0 Å². The molecule has 0 aliphatic carbocycles. The fourth-order valence-electron chi connectivity index (χ4n) is 1.56. The van der Waals surface area contributed by atoms with Crippen LogP contribution in [-0.4, -0.2) is 36.1 Å². The molecule has 1 saturated heterocycles. The van der Waals surface area contributed by atoms with E-state index in [-0.39, 0.29) is 18.2 Å². The second-order valence-corrected chi connectivity index (χ2v) is 3.61.